The predicted octanol–water partition coefficient (Wildman–Crippen LogP) is 2.23. The van der Waals surface area contributed by atoms with Crippen LogP contribution in [0.5, 0.6) is 5.75 Å². The van der Waals surface area contributed by atoms with Crippen LogP contribution in [0.4, 0.5) is 13.2 Å². The summed E-state index contributed by atoms with van der Waals surface area (Å²) in [6.07, 6.45) is -5.04. The fourth-order valence-electron chi connectivity index (χ4n) is 2.68. The number of carbonyl (C=O) groups excluding carboxylic acids is 2. The van der Waals surface area contributed by atoms with Crippen LogP contribution in [0.25, 0.3) is 0 Å². The molecule has 0 spiro atoms. The van der Waals surface area contributed by atoms with Gasteiger partial charge in [0.15, 0.2) is 6.61 Å². The molecule has 0 fully saturated rings. The number of alkyl halides is 3. The normalized spacial score (nSPS) is 10.7. The maximum atomic E-state index is 13.5. The van der Waals surface area contributed by atoms with E-state index in [9.17, 15) is 22.8 Å². The van der Waals surface area contributed by atoms with Crippen LogP contribution in [0.15, 0.2) is 36.4 Å². The summed E-state index contributed by atoms with van der Waals surface area (Å²) in [6, 6.07) is 7.38. The van der Waals surface area contributed by atoms with Gasteiger partial charge in [-0.2, -0.15) is 13.2 Å². The van der Waals surface area contributed by atoms with Crippen molar-refractivity contribution in [3.8, 4) is 5.75 Å². The van der Waals surface area contributed by atoms with Gasteiger partial charge < -0.3 is 21.5 Å². The van der Waals surface area contributed by atoms with Crippen LogP contribution in [0, 0.1) is 5.41 Å². The first-order chi connectivity index (χ1) is 13.5. The molecule has 0 bridgehead atoms. The first-order valence-corrected chi connectivity index (χ1v) is 8.34. The summed E-state index contributed by atoms with van der Waals surface area (Å²) in [4.78, 5) is 23.2. The van der Waals surface area contributed by atoms with Gasteiger partial charge in [-0.25, -0.2) is 0 Å². The largest absolute Gasteiger partial charge is 0.483 e. The molecule has 11 heteroatoms. The number of carbonyl (C=O) groups is 2. The number of nitrogens with two attached hydrogens (primary N) is 2. The number of hydrogen-bond acceptors (Lipinski definition) is 4. The second kappa shape index (κ2) is 9.97. The van der Waals surface area contributed by atoms with Crippen LogP contribution < -0.4 is 21.5 Å². The highest BCUT2D eigenvalue weighted by Gasteiger charge is 2.35. The van der Waals surface area contributed by atoms with Crippen molar-refractivity contribution in [1.29, 1.82) is 5.41 Å². The zero-order valence-electron chi connectivity index (χ0n) is 15.8. The molecule has 2 aromatic rings. The second-order valence-electron chi connectivity index (χ2n) is 6.07. The van der Waals surface area contributed by atoms with Gasteiger partial charge in [0.25, 0.3) is 5.91 Å². The summed E-state index contributed by atoms with van der Waals surface area (Å²) in [5, 5.41) is 9.87. The lowest BCUT2D eigenvalue weighted by Crippen LogP contribution is -2.25. The number of halogens is 4. The zero-order valence-corrected chi connectivity index (χ0v) is 16.6. The number of benzene rings is 2. The van der Waals surface area contributed by atoms with Crippen molar-refractivity contribution in [3.63, 3.8) is 0 Å². The van der Waals surface area contributed by atoms with Crippen LogP contribution in [-0.4, -0.2) is 31.3 Å². The molecular formula is C19H20ClF3N4O3. The van der Waals surface area contributed by atoms with Crippen molar-refractivity contribution >= 4 is 30.1 Å². The second-order valence-corrected chi connectivity index (χ2v) is 6.07. The van der Waals surface area contributed by atoms with Gasteiger partial charge in [0.05, 0.1) is 5.56 Å². The van der Waals surface area contributed by atoms with E-state index in [0.717, 1.165) is 12.1 Å². The molecule has 0 saturated heterocycles. The van der Waals surface area contributed by atoms with Crippen molar-refractivity contribution in [1.82, 2.24) is 5.32 Å². The summed E-state index contributed by atoms with van der Waals surface area (Å²) in [7, 11) is 1.40. The number of nitrogens with one attached hydrogen (secondary N) is 2. The molecule has 0 aliphatic carbocycles. The Morgan fingerprint density at radius 3 is 2.37 bits per heavy atom. The third kappa shape index (κ3) is 5.86. The van der Waals surface area contributed by atoms with Crippen LogP contribution in [0.3, 0.4) is 0 Å². The van der Waals surface area contributed by atoms with Crippen molar-refractivity contribution in [3.05, 3.63) is 64.2 Å². The Morgan fingerprint density at radius 1 is 1.17 bits per heavy atom. The highest BCUT2D eigenvalue weighted by atomic mass is 35.5. The summed E-state index contributed by atoms with van der Waals surface area (Å²) in [5.74, 6) is -1.68. The van der Waals surface area contributed by atoms with Gasteiger partial charge in [0.2, 0.25) is 5.91 Å². The van der Waals surface area contributed by atoms with Gasteiger partial charge in [0, 0.05) is 24.6 Å². The summed E-state index contributed by atoms with van der Waals surface area (Å²) >= 11 is 0. The lowest BCUT2D eigenvalue weighted by Gasteiger charge is -2.18. The molecule has 0 atom stereocenters. The summed E-state index contributed by atoms with van der Waals surface area (Å²) < 4.78 is 45.9. The van der Waals surface area contributed by atoms with E-state index >= 15 is 0 Å². The van der Waals surface area contributed by atoms with Crippen LogP contribution in [0.2, 0.25) is 0 Å². The topological polar surface area (TPSA) is 131 Å². The maximum absolute atomic E-state index is 13.5. The number of ether oxygens (including phenoxy) is 1. The Labute approximate surface area is 176 Å². The number of nitrogen functional groups attached to an aromatic ring is 1. The van der Waals surface area contributed by atoms with Gasteiger partial charge in [-0.15, -0.1) is 12.4 Å². The molecule has 2 amide bonds. The number of amides is 2. The Balaban J connectivity index is 0.00000450. The number of primary amides is 1. The average molecular weight is 445 g/mol. The quantitative estimate of drug-likeness (QED) is 0.385. The molecule has 0 aromatic heterocycles. The van der Waals surface area contributed by atoms with Gasteiger partial charge in [0.1, 0.15) is 11.6 Å². The summed E-state index contributed by atoms with van der Waals surface area (Å²) in [5.41, 5.74) is 9.66. The van der Waals surface area contributed by atoms with Crippen molar-refractivity contribution in [2.45, 2.75) is 12.6 Å². The van der Waals surface area contributed by atoms with E-state index in [0.29, 0.717) is 0 Å². The highest BCUT2D eigenvalue weighted by Crippen LogP contribution is 2.36. The van der Waals surface area contributed by atoms with E-state index in [1.54, 1.807) is 0 Å². The van der Waals surface area contributed by atoms with Crippen molar-refractivity contribution in [2.75, 3.05) is 13.7 Å². The minimum absolute atomic E-state index is 0. The molecule has 2 aromatic carbocycles. The molecule has 0 aliphatic heterocycles. The number of amidine groups is 1. The van der Waals surface area contributed by atoms with Gasteiger partial charge in [-0.3, -0.25) is 15.0 Å². The fraction of sp³-hybridized carbons (Fsp3) is 0.211. The molecule has 0 unspecified atom stereocenters. The third-order valence-electron chi connectivity index (χ3n) is 4.13. The molecule has 30 heavy (non-hydrogen) atoms. The van der Waals surface area contributed by atoms with E-state index in [4.69, 9.17) is 21.6 Å². The molecule has 6 N–H and O–H groups in total. The molecule has 162 valence electrons. The summed E-state index contributed by atoms with van der Waals surface area (Å²) in [6.45, 7) is -0.394. The van der Waals surface area contributed by atoms with E-state index in [1.807, 2.05) is 0 Å². The molecular weight excluding hydrogens is 425 g/mol. The maximum Gasteiger partial charge on any atom is 0.416 e. The smallest absolute Gasteiger partial charge is 0.416 e. The van der Waals surface area contributed by atoms with Crippen molar-refractivity contribution in [2.24, 2.45) is 11.5 Å². The SMILES string of the molecule is CNC(=O)COc1cc(C(=N)N)ccc1Cc1c(C(N)=O)cccc1C(F)(F)F.Cl. The molecule has 7 nitrogen and oxygen atoms in total. The number of hydrogen-bond donors (Lipinski definition) is 4. The van der Waals surface area contributed by atoms with E-state index in [1.165, 1.54) is 31.3 Å². The molecule has 0 saturated carbocycles. The van der Waals surface area contributed by atoms with Crippen LogP contribution >= 0.6 is 12.4 Å². The predicted molar refractivity (Wildman–Crippen MR) is 107 cm³/mol. The average Bonchev–Trinajstić information content (AvgIpc) is 2.65. The van der Waals surface area contributed by atoms with Gasteiger partial charge in [-0.05, 0) is 29.3 Å². The molecule has 0 radical (unpaired) electrons. The standard InChI is InChI=1S/C19H19F3N4O3.ClH/c1-26-16(27)9-29-15-8-11(17(23)24)6-5-10(15)7-13-12(18(25)28)3-2-4-14(13)19(20,21)22;/h2-6,8H,7,9H2,1H3,(H3,23,24)(H2,25,28)(H,26,27);1H. The molecule has 0 aliphatic rings. The van der Waals surface area contributed by atoms with Crippen LogP contribution in [0.1, 0.15) is 32.6 Å². The minimum Gasteiger partial charge on any atom is -0.483 e. The molecule has 2 rings (SSSR count). The Bertz CT molecular complexity index is 965. The fourth-order valence-corrected chi connectivity index (χ4v) is 2.68. The highest BCUT2D eigenvalue weighted by molar-refractivity contribution is 5.96. The van der Waals surface area contributed by atoms with E-state index < -0.39 is 30.2 Å². The van der Waals surface area contributed by atoms with Gasteiger partial charge >= 0.3 is 6.18 Å². The third-order valence-corrected chi connectivity index (χ3v) is 4.13. The Morgan fingerprint density at radius 2 is 1.83 bits per heavy atom. The van der Waals surface area contributed by atoms with Crippen molar-refractivity contribution < 1.29 is 27.5 Å². The van der Waals surface area contributed by atoms with Crippen LogP contribution in [-0.2, 0) is 17.4 Å². The molecule has 0 heterocycles. The Hall–Kier alpha value is -3.27. The lowest BCUT2D eigenvalue weighted by atomic mass is 9.93. The van der Waals surface area contributed by atoms with Gasteiger partial charge in [-0.1, -0.05) is 18.2 Å². The minimum atomic E-state index is -4.71. The number of rotatable bonds is 7. The Kier molecular flexibility index (Phi) is 8.23. The lowest BCUT2D eigenvalue weighted by molar-refractivity contribution is -0.138. The first kappa shape index (κ1) is 24.8. The number of likely N-dealkylation sites (N-methyl/N-ethyl adjacent to an activating group) is 1. The zero-order chi connectivity index (χ0) is 21.8. The van der Waals surface area contributed by atoms with E-state index in [2.05, 4.69) is 5.32 Å². The first-order valence-electron chi connectivity index (χ1n) is 8.34. The monoisotopic (exact) mass is 444 g/mol. The van der Waals surface area contributed by atoms with E-state index in [-0.39, 0.29) is 52.7 Å².